The smallest absolute Gasteiger partial charge is 0.238 e. The van der Waals surface area contributed by atoms with Gasteiger partial charge in [-0.25, -0.2) is 0 Å². The number of aromatic nitrogens is 2. The van der Waals surface area contributed by atoms with Crippen molar-refractivity contribution in [3.8, 4) is 0 Å². The lowest BCUT2D eigenvalue weighted by atomic mass is 9.88. The number of benzene rings is 3. The van der Waals surface area contributed by atoms with Gasteiger partial charge >= 0.3 is 0 Å². The molecule has 0 atom stereocenters. The summed E-state index contributed by atoms with van der Waals surface area (Å²) >= 11 is 0. The first-order valence-electron chi connectivity index (χ1n) is 11.2. The van der Waals surface area contributed by atoms with E-state index < -0.39 is 0 Å². The van der Waals surface area contributed by atoms with Crippen LogP contribution in [-0.2, 0) is 13.5 Å². The summed E-state index contributed by atoms with van der Waals surface area (Å²) < 4.78 is 4.83. The molecule has 3 aromatic carbocycles. The van der Waals surface area contributed by atoms with Crippen molar-refractivity contribution in [3.05, 3.63) is 71.4 Å². The number of aryl methyl sites for hydroxylation is 3. The van der Waals surface area contributed by atoms with Crippen molar-refractivity contribution in [2.24, 2.45) is 12.5 Å². The summed E-state index contributed by atoms with van der Waals surface area (Å²) in [4.78, 5) is 0. The van der Waals surface area contributed by atoms with Crippen molar-refractivity contribution in [2.75, 3.05) is 0 Å². The van der Waals surface area contributed by atoms with Crippen molar-refractivity contribution in [3.63, 3.8) is 0 Å². The van der Waals surface area contributed by atoms with Crippen molar-refractivity contribution in [1.29, 1.82) is 0 Å². The molecule has 0 saturated heterocycles. The summed E-state index contributed by atoms with van der Waals surface area (Å²) in [7, 11) is 2.18. The first-order chi connectivity index (χ1) is 14.7. The molecule has 0 aliphatic heterocycles. The highest BCUT2D eigenvalue weighted by molar-refractivity contribution is 6.25. The predicted molar refractivity (Wildman–Crippen MR) is 132 cm³/mol. The number of rotatable bonds is 1. The molecule has 0 aliphatic rings. The summed E-state index contributed by atoms with van der Waals surface area (Å²) in [5.41, 5.74) is 9.70. The fourth-order valence-electron chi connectivity index (χ4n) is 5.61. The number of pyridine rings is 2. The predicted octanol–water partition coefficient (Wildman–Crippen LogP) is 7.02. The van der Waals surface area contributed by atoms with E-state index in [1.54, 1.807) is 0 Å². The normalized spacial score (nSPS) is 13.0. The highest BCUT2D eigenvalue weighted by atomic mass is 15.0. The molecule has 0 radical (unpaired) electrons. The second-order valence-electron chi connectivity index (χ2n) is 10.5. The summed E-state index contributed by atoms with van der Waals surface area (Å²) in [6.45, 7) is 11.5. The Morgan fingerprint density at radius 1 is 0.871 bits per heavy atom. The van der Waals surface area contributed by atoms with Crippen LogP contribution in [0.5, 0.6) is 0 Å². The van der Waals surface area contributed by atoms with Gasteiger partial charge in [0.15, 0.2) is 6.20 Å². The Kier molecular flexibility index (Phi) is 3.59. The quantitative estimate of drug-likeness (QED) is 0.158. The molecule has 0 spiro atoms. The van der Waals surface area contributed by atoms with Crippen LogP contribution >= 0.6 is 0 Å². The fraction of sp³-hybridized carbons (Fsp3) is 0.276. The fourth-order valence-corrected chi connectivity index (χ4v) is 5.61. The van der Waals surface area contributed by atoms with E-state index in [2.05, 4.69) is 105 Å². The van der Waals surface area contributed by atoms with Crippen molar-refractivity contribution < 1.29 is 4.57 Å². The van der Waals surface area contributed by atoms with Gasteiger partial charge in [0, 0.05) is 22.2 Å². The molecule has 0 unspecified atom stereocenters. The van der Waals surface area contributed by atoms with Crippen LogP contribution in [0.4, 0.5) is 0 Å². The lowest BCUT2D eigenvalue weighted by Crippen LogP contribution is -2.29. The molecule has 0 N–H and O–H groups in total. The summed E-state index contributed by atoms with van der Waals surface area (Å²) in [5.74, 6) is 0. The SMILES string of the molecule is Cc1cc2cccc3c2c(c1C)c1c2c(cc[n+]1C)c1ccc(CC(C)(C)C)cc1n32. The Bertz CT molecular complexity index is 1660. The van der Waals surface area contributed by atoms with Crippen LogP contribution in [0.2, 0.25) is 0 Å². The molecule has 31 heavy (non-hydrogen) atoms. The van der Waals surface area contributed by atoms with Gasteiger partial charge in [-0.3, -0.25) is 0 Å². The molecule has 0 bridgehead atoms. The van der Waals surface area contributed by atoms with Crippen LogP contribution in [0.25, 0.3) is 49.0 Å². The molecule has 0 aliphatic carbocycles. The maximum atomic E-state index is 2.52. The molecular weight excluding hydrogens is 376 g/mol. The van der Waals surface area contributed by atoms with Crippen molar-refractivity contribution in [1.82, 2.24) is 4.40 Å². The maximum Gasteiger partial charge on any atom is 0.238 e. The minimum absolute atomic E-state index is 0.264. The zero-order valence-corrected chi connectivity index (χ0v) is 19.3. The van der Waals surface area contributed by atoms with Gasteiger partial charge in [-0.1, -0.05) is 51.1 Å². The van der Waals surface area contributed by atoms with Crippen LogP contribution < -0.4 is 4.57 Å². The molecule has 0 amide bonds. The van der Waals surface area contributed by atoms with Crippen molar-refractivity contribution in [2.45, 2.75) is 41.0 Å². The van der Waals surface area contributed by atoms with E-state index in [0.29, 0.717) is 0 Å². The Hall–Kier alpha value is -3.13. The van der Waals surface area contributed by atoms with Gasteiger partial charge in [-0.2, -0.15) is 4.57 Å². The molecule has 3 heterocycles. The molecule has 2 nitrogen and oxygen atoms in total. The Balaban J connectivity index is 1.94. The van der Waals surface area contributed by atoms with E-state index in [4.69, 9.17) is 0 Å². The minimum Gasteiger partial charge on any atom is -0.303 e. The van der Waals surface area contributed by atoms with E-state index >= 15 is 0 Å². The van der Waals surface area contributed by atoms with Gasteiger partial charge < -0.3 is 4.40 Å². The van der Waals surface area contributed by atoms with Gasteiger partial charge in [-0.05, 0) is 59.9 Å². The van der Waals surface area contributed by atoms with Gasteiger partial charge in [0.25, 0.3) is 0 Å². The third-order valence-corrected chi connectivity index (χ3v) is 6.99. The molecule has 6 aromatic rings. The van der Waals surface area contributed by atoms with Crippen LogP contribution in [0.1, 0.15) is 37.5 Å². The number of fused-ring (bicyclic) bond motifs is 5. The highest BCUT2D eigenvalue weighted by Gasteiger charge is 2.25. The Labute approximate surface area is 183 Å². The summed E-state index contributed by atoms with van der Waals surface area (Å²) in [6, 6.07) is 18.5. The van der Waals surface area contributed by atoms with E-state index in [9.17, 15) is 0 Å². The second kappa shape index (κ2) is 5.97. The molecule has 0 saturated carbocycles. The molecular formula is C29H29N2+. The molecule has 6 rings (SSSR count). The lowest BCUT2D eigenvalue weighted by molar-refractivity contribution is -0.644. The highest BCUT2D eigenvalue weighted by Crippen LogP contribution is 2.41. The first kappa shape index (κ1) is 18.6. The average Bonchev–Trinajstić information content (AvgIpc) is 3.02. The van der Waals surface area contributed by atoms with E-state index in [1.807, 2.05) is 0 Å². The number of hydrogen-bond acceptors (Lipinski definition) is 0. The third kappa shape index (κ3) is 2.48. The molecule has 0 fully saturated rings. The van der Waals surface area contributed by atoms with Gasteiger partial charge in [0.1, 0.15) is 12.6 Å². The van der Waals surface area contributed by atoms with Crippen LogP contribution in [0.3, 0.4) is 0 Å². The second-order valence-corrected chi connectivity index (χ2v) is 10.5. The third-order valence-electron chi connectivity index (χ3n) is 6.99. The van der Waals surface area contributed by atoms with E-state index in [1.165, 1.54) is 65.7 Å². The van der Waals surface area contributed by atoms with Crippen molar-refractivity contribution >= 4 is 49.0 Å². The monoisotopic (exact) mass is 405 g/mol. The molecule has 3 aromatic heterocycles. The minimum atomic E-state index is 0.264. The van der Waals surface area contributed by atoms with Gasteiger partial charge in [0.05, 0.1) is 16.4 Å². The topological polar surface area (TPSA) is 8.29 Å². The number of nitrogens with zero attached hydrogens (tertiary/aromatic N) is 2. The first-order valence-corrected chi connectivity index (χ1v) is 11.2. The molecule has 2 heteroatoms. The Morgan fingerprint density at radius 2 is 1.68 bits per heavy atom. The van der Waals surface area contributed by atoms with Crippen LogP contribution in [0, 0.1) is 19.3 Å². The van der Waals surface area contributed by atoms with E-state index in [0.717, 1.165) is 6.42 Å². The van der Waals surface area contributed by atoms with Crippen LogP contribution in [0.15, 0.2) is 54.7 Å². The molecule has 154 valence electrons. The zero-order chi connectivity index (χ0) is 21.7. The van der Waals surface area contributed by atoms with Gasteiger partial charge in [0.2, 0.25) is 5.52 Å². The Morgan fingerprint density at radius 3 is 2.45 bits per heavy atom. The largest absolute Gasteiger partial charge is 0.303 e. The van der Waals surface area contributed by atoms with Gasteiger partial charge in [-0.15, -0.1) is 0 Å². The zero-order valence-electron chi connectivity index (χ0n) is 19.3. The summed E-state index contributed by atoms with van der Waals surface area (Å²) in [6.07, 6.45) is 3.30. The maximum absolute atomic E-state index is 2.52. The average molecular weight is 406 g/mol. The standard InChI is InChI=1S/C29H29N2/c1-17-14-20-8-7-9-23-26(20)25(18(17)2)28-27-22(12-13-30(28)6)21-11-10-19(16-29(3,4)5)15-24(21)31(23)27/h7-15H,16H2,1-6H3/q+1. The lowest BCUT2D eigenvalue weighted by Gasteiger charge is -2.18. The summed E-state index contributed by atoms with van der Waals surface area (Å²) in [5, 5.41) is 6.78. The van der Waals surface area contributed by atoms with E-state index in [-0.39, 0.29) is 5.41 Å². The van der Waals surface area contributed by atoms with Crippen LogP contribution in [-0.4, -0.2) is 4.40 Å². The number of hydrogen-bond donors (Lipinski definition) is 0.